The predicted octanol–water partition coefficient (Wildman–Crippen LogP) is 0.353. The lowest BCUT2D eigenvalue weighted by Gasteiger charge is -2.26. The lowest BCUT2D eigenvalue weighted by atomic mass is 10.2. The Bertz CT molecular complexity index is 553. The molecule has 0 amide bonds. The average Bonchev–Trinajstić information content (AvgIpc) is 2.40. The van der Waals surface area contributed by atoms with Gasteiger partial charge in [-0.3, -0.25) is 4.90 Å². The number of sulfonamides is 1. The van der Waals surface area contributed by atoms with Crippen molar-refractivity contribution in [2.45, 2.75) is 11.8 Å². The monoisotopic (exact) mass is 300 g/mol. The lowest BCUT2D eigenvalue weighted by Crippen LogP contribution is -2.38. The number of hydrogen-bond acceptors (Lipinski definition) is 5. The fraction of sp³-hybridized carbons (Fsp3) is 0.538. The van der Waals surface area contributed by atoms with Crippen molar-refractivity contribution >= 4 is 10.0 Å². The zero-order valence-corrected chi connectivity index (χ0v) is 12.4. The van der Waals surface area contributed by atoms with Crippen molar-refractivity contribution in [3.05, 3.63) is 23.8 Å². The maximum absolute atomic E-state index is 11.5. The second-order valence-corrected chi connectivity index (χ2v) is 6.33. The number of primary sulfonamides is 1. The minimum Gasteiger partial charge on any atom is -0.491 e. The quantitative estimate of drug-likeness (QED) is 0.848. The Kier molecular flexibility index (Phi) is 4.98. The zero-order valence-electron chi connectivity index (χ0n) is 11.5. The summed E-state index contributed by atoms with van der Waals surface area (Å²) in [5.41, 5.74) is 0.828. The maximum Gasteiger partial charge on any atom is 0.241 e. The number of nitrogens with two attached hydrogens (primary N) is 1. The fourth-order valence-electron chi connectivity index (χ4n) is 2.07. The van der Waals surface area contributed by atoms with Gasteiger partial charge >= 0.3 is 0 Å². The van der Waals surface area contributed by atoms with Gasteiger partial charge in [-0.25, -0.2) is 13.6 Å². The first-order valence-electron chi connectivity index (χ1n) is 6.53. The van der Waals surface area contributed by atoms with Gasteiger partial charge in [0.2, 0.25) is 10.0 Å². The minimum absolute atomic E-state index is 0.0412. The largest absolute Gasteiger partial charge is 0.491 e. The van der Waals surface area contributed by atoms with Crippen LogP contribution in [-0.2, 0) is 14.8 Å². The van der Waals surface area contributed by atoms with E-state index in [1.807, 2.05) is 6.92 Å². The Morgan fingerprint density at radius 3 is 2.70 bits per heavy atom. The molecule has 1 saturated heterocycles. The highest BCUT2D eigenvalue weighted by molar-refractivity contribution is 7.89. The first-order chi connectivity index (χ1) is 9.47. The smallest absolute Gasteiger partial charge is 0.241 e. The molecule has 1 aliphatic heterocycles. The summed E-state index contributed by atoms with van der Waals surface area (Å²) < 4.78 is 33.9. The van der Waals surface area contributed by atoms with Gasteiger partial charge in [0, 0.05) is 19.6 Å². The van der Waals surface area contributed by atoms with Crippen LogP contribution in [0.4, 0.5) is 0 Å². The maximum atomic E-state index is 11.5. The molecule has 0 saturated carbocycles. The van der Waals surface area contributed by atoms with Gasteiger partial charge in [0.25, 0.3) is 0 Å². The molecule has 1 fully saturated rings. The van der Waals surface area contributed by atoms with Crippen molar-refractivity contribution in [3.8, 4) is 5.75 Å². The molecule has 112 valence electrons. The van der Waals surface area contributed by atoms with Crippen LogP contribution in [0, 0.1) is 6.92 Å². The molecule has 6 nitrogen and oxygen atoms in total. The number of rotatable bonds is 5. The molecule has 20 heavy (non-hydrogen) atoms. The Labute approximate surface area is 119 Å². The van der Waals surface area contributed by atoms with E-state index in [2.05, 4.69) is 4.90 Å². The highest BCUT2D eigenvalue weighted by Crippen LogP contribution is 2.23. The first kappa shape index (κ1) is 15.2. The second kappa shape index (κ2) is 6.53. The van der Waals surface area contributed by atoms with Gasteiger partial charge in [0.1, 0.15) is 17.3 Å². The third-order valence-electron chi connectivity index (χ3n) is 3.17. The van der Waals surface area contributed by atoms with Crippen molar-refractivity contribution in [1.82, 2.24) is 4.90 Å². The molecule has 0 radical (unpaired) electrons. The van der Waals surface area contributed by atoms with E-state index in [-0.39, 0.29) is 4.90 Å². The highest BCUT2D eigenvalue weighted by atomic mass is 32.2. The van der Waals surface area contributed by atoms with Crippen molar-refractivity contribution in [3.63, 3.8) is 0 Å². The van der Waals surface area contributed by atoms with Crippen molar-refractivity contribution in [1.29, 1.82) is 0 Å². The number of aryl methyl sites for hydroxylation is 1. The third kappa shape index (κ3) is 4.17. The van der Waals surface area contributed by atoms with E-state index in [9.17, 15) is 8.42 Å². The first-order valence-corrected chi connectivity index (χ1v) is 8.08. The van der Waals surface area contributed by atoms with Crippen molar-refractivity contribution < 1.29 is 17.9 Å². The van der Waals surface area contributed by atoms with E-state index < -0.39 is 10.0 Å². The standard InChI is InChI=1S/C13H20N2O4S/c1-11-2-3-12(13(10-11)20(14,16)17)19-9-6-15-4-7-18-8-5-15/h2-3,10H,4-9H2,1H3,(H2,14,16,17). The summed E-state index contributed by atoms with van der Waals surface area (Å²) >= 11 is 0. The Morgan fingerprint density at radius 1 is 1.35 bits per heavy atom. The van der Waals surface area contributed by atoms with E-state index in [4.69, 9.17) is 14.6 Å². The van der Waals surface area contributed by atoms with Crippen LogP contribution >= 0.6 is 0 Å². The zero-order chi connectivity index (χ0) is 14.6. The summed E-state index contributed by atoms with van der Waals surface area (Å²) in [6, 6.07) is 4.98. The lowest BCUT2D eigenvalue weighted by molar-refractivity contribution is 0.0321. The van der Waals surface area contributed by atoms with Gasteiger partial charge in [-0.1, -0.05) is 6.07 Å². The summed E-state index contributed by atoms with van der Waals surface area (Å²) in [4.78, 5) is 2.26. The van der Waals surface area contributed by atoms with Crippen molar-refractivity contribution in [2.24, 2.45) is 5.14 Å². The van der Waals surface area contributed by atoms with Gasteiger partial charge in [-0.15, -0.1) is 0 Å². The van der Waals surface area contributed by atoms with Crippen LogP contribution in [0.25, 0.3) is 0 Å². The normalized spacial score (nSPS) is 17.1. The summed E-state index contributed by atoms with van der Waals surface area (Å²) in [5, 5.41) is 5.21. The molecule has 0 atom stereocenters. The number of nitrogens with zero attached hydrogens (tertiary/aromatic N) is 1. The molecular formula is C13H20N2O4S. The van der Waals surface area contributed by atoms with E-state index in [0.717, 1.165) is 38.4 Å². The fourth-order valence-corrected chi connectivity index (χ4v) is 2.82. The summed E-state index contributed by atoms with van der Waals surface area (Å²) in [7, 11) is -3.77. The number of morpholine rings is 1. The van der Waals surface area contributed by atoms with Crippen LogP contribution in [0.1, 0.15) is 5.56 Å². The number of hydrogen-bond donors (Lipinski definition) is 1. The van der Waals surface area contributed by atoms with Gasteiger partial charge in [0.15, 0.2) is 0 Å². The Morgan fingerprint density at radius 2 is 2.05 bits per heavy atom. The van der Waals surface area contributed by atoms with Gasteiger partial charge in [-0.2, -0.15) is 0 Å². The molecule has 0 aliphatic carbocycles. The number of ether oxygens (including phenoxy) is 2. The second-order valence-electron chi connectivity index (χ2n) is 4.80. The summed E-state index contributed by atoms with van der Waals surface area (Å²) in [6.07, 6.45) is 0. The predicted molar refractivity (Wildman–Crippen MR) is 75.3 cm³/mol. The van der Waals surface area contributed by atoms with E-state index in [1.54, 1.807) is 12.1 Å². The molecule has 1 aromatic carbocycles. The topological polar surface area (TPSA) is 81.9 Å². The van der Waals surface area contributed by atoms with Crippen LogP contribution in [0.5, 0.6) is 5.75 Å². The van der Waals surface area contributed by atoms with E-state index >= 15 is 0 Å². The van der Waals surface area contributed by atoms with E-state index in [0.29, 0.717) is 12.4 Å². The minimum atomic E-state index is -3.77. The average molecular weight is 300 g/mol. The number of benzene rings is 1. The van der Waals surface area contributed by atoms with Gasteiger partial charge < -0.3 is 9.47 Å². The summed E-state index contributed by atoms with van der Waals surface area (Å²) in [5.74, 6) is 0.311. The molecule has 2 N–H and O–H groups in total. The van der Waals surface area contributed by atoms with Crippen LogP contribution in [-0.4, -0.2) is 52.8 Å². The molecule has 0 spiro atoms. The van der Waals surface area contributed by atoms with Crippen LogP contribution in [0.3, 0.4) is 0 Å². The van der Waals surface area contributed by atoms with Crippen LogP contribution < -0.4 is 9.88 Å². The Balaban J connectivity index is 1.98. The molecule has 1 heterocycles. The van der Waals surface area contributed by atoms with Gasteiger partial charge in [-0.05, 0) is 24.6 Å². The van der Waals surface area contributed by atoms with E-state index in [1.165, 1.54) is 6.07 Å². The summed E-state index contributed by atoms with van der Waals surface area (Å²) in [6.45, 7) is 6.18. The molecule has 1 aliphatic rings. The molecule has 0 bridgehead atoms. The molecule has 2 rings (SSSR count). The van der Waals surface area contributed by atoms with Gasteiger partial charge in [0.05, 0.1) is 13.2 Å². The van der Waals surface area contributed by atoms with Crippen molar-refractivity contribution in [2.75, 3.05) is 39.5 Å². The van der Waals surface area contributed by atoms with Crippen LogP contribution in [0.15, 0.2) is 23.1 Å². The molecule has 7 heteroatoms. The molecule has 0 unspecified atom stereocenters. The molecule has 1 aromatic rings. The van der Waals surface area contributed by atoms with Crippen LogP contribution in [0.2, 0.25) is 0 Å². The molecule has 0 aromatic heterocycles. The Hall–Kier alpha value is -1.15. The molecular weight excluding hydrogens is 280 g/mol. The highest BCUT2D eigenvalue weighted by Gasteiger charge is 2.16. The SMILES string of the molecule is Cc1ccc(OCCN2CCOCC2)c(S(N)(=O)=O)c1. The third-order valence-corrected chi connectivity index (χ3v) is 4.11.